The molecule has 2 aromatic carbocycles. The number of hydrogen-bond acceptors (Lipinski definition) is 6. The van der Waals surface area contributed by atoms with Crippen LogP contribution in [0.2, 0.25) is 0 Å². The third-order valence-corrected chi connectivity index (χ3v) is 6.25. The number of alkyl halides is 3. The van der Waals surface area contributed by atoms with Crippen LogP contribution in [0.5, 0.6) is 5.75 Å². The Morgan fingerprint density at radius 3 is 2.62 bits per heavy atom. The summed E-state index contributed by atoms with van der Waals surface area (Å²) in [4.78, 5) is 20.2. The van der Waals surface area contributed by atoms with Crippen LogP contribution in [-0.4, -0.2) is 21.0 Å². The highest BCUT2D eigenvalue weighted by molar-refractivity contribution is 7.15. The molecule has 0 aliphatic rings. The van der Waals surface area contributed by atoms with Crippen LogP contribution < -0.4 is 4.74 Å². The van der Waals surface area contributed by atoms with E-state index in [0.717, 1.165) is 11.6 Å². The highest BCUT2D eigenvalue weighted by Crippen LogP contribution is 2.36. The molecule has 0 radical (unpaired) electrons. The van der Waals surface area contributed by atoms with Crippen molar-refractivity contribution < 1.29 is 36.6 Å². The lowest BCUT2D eigenvalue weighted by Gasteiger charge is -2.08. The minimum Gasteiger partial charge on any atom is -0.484 e. The molecule has 0 saturated heterocycles. The van der Waals surface area contributed by atoms with E-state index in [1.165, 1.54) is 17.4 Å². The van der Waals surface area contributed by atoms with Gasteiger partial charge in [0.2, 0.25) is 0 Å². The van der Waals surface area contributed by atoms with Crippen LogP contribution in [0.25, 0.3) is 21.7 Å². The van der Waals surface area contributed by atoms with E-state index in [1.54, 1.807) is 19.1 Å². The molecule has 1 N–H and O–H groups in total. The molecule has 0 saturated carbocycles. The van der Waals surface area contributed by atoms with Gasteiger partial charge < -0.3 is 14.3 Å². The zero-order valence-electron chi connectivity index (χ0n) is 18.0. The first-order valence-electron chi connectivity index (χ1n) is 10.1. The van der Waals surface area contributed by atoms with E-state index in [0.29, 0.717) is 38.5 Å². The number of aryl methyl sites for hydroxylation is 3. The van der Waals surface area contributed by atoms with Gasteiger partial charge >= 0.3 is 12.1 Å². The molecule has 0 atom stereocenters. The van der Waals surface area contributed by atoms with E-state index >= 15 is 0 Å². The summed E-state index contributed by atoms with van der Waals surface area (Å²) in [6.07, 6.45) is -4.74. The summed E-state index contributed by atoms with van der Waals surface area (Å²) in [5.74, 6) is -1.59. The molecule has 0 aliphatic heterocycles. The maximum absolute atomic E-state index is 14.0. The van der Waals surface area contributed by atoms with Crippen LogP contribution in [-0.2, 0) is 24.0 Å². The molecule has 0 aliphatic carbocycles. The van der Waals surface area contributed by atoms with Gasteiger partial charge in [0.25, 0.3) is 0 Å². The van der Waals surface area contributed by atoms with E-state index in [-0.39, 0.29) is 30.9 Å². The number of carboxylic acids is 1. The molecule has 2 aromatic heterocycles. The summed E-state index contributed by atoms with van der Waals surface area (Å²) in [5, 5.41) is 9.23. The van der Waals surface area contributed by atoms with Crippen molar-refractivity contribution in [1.29, 1.82) is 0 Å². The second-order valence-electron chi connectivity index (χ2n) is 7.57. The number of ether oxygens (including phenoxy) is 1. The number of rotatable bonds is 7. The monoisotopic (exact) mass is 494 g/mol. The molecule has 34 heavy (non-hydrogen) atoms. The van der Waals surface area contributed by atoms with Gasteiger partial charge in [-0.3, -0.25) is 4.79 Å². The molecule has 0 fully saturated rings. The number of aliphatic carboxylic acids is 1. The van der Waals surface area contributed by atoms with Gasteiger partial charge in [-0.1, -0.05) is 12.1 Å². The second kappa shape index (κ2) is 9.05. The Morgan fingerprint density at radius 2 is 1.94 bits per heavy atom. The molecular formula is C23H18F4N2O4S. The summed E-state index contributed by atoms with van der Waals surface area (Å²) in [5.41, 5.74) is 1.22. The number of fused-ring (bicyclic) bond motifs is 1. The number of oxazole rings is 1. The number of hydrogen-bond donors (Lipinski definition) is 1. The number of halogens is 4. The Hall–Kier alpha value is -3.47. The van der Waals surface area contributed by atoms with Gasteiger partial charge in [-0.05, 0) is 37.6 Å². The van der Waals surface area contributed by atoms with Gasteiger partial charge in [0.1, 0.15) is 22.9 Å². The van der Waals surface area contributed by atoms with Crippen LogP contribution >= 0.6 is 11.3 Å². The lowest BCUT2D eigenvalue weighted by molar-refractivity contribution is -0.140. The van der Waals surface area contributed by atoms with Crippen LogP contribution in [0, 0.1) is 19.7 Å². The summed E-state index contributed by atoms with van der Waals surface area (Å²) < 4.78 is 64.2. The maximum Gasteiger partial charge on any atom is 0.419 e. The second-order valence-corrected chi connectivity index (χ2v) is 8.65. The molecule has 6 nitrogen and oxygen atoms in total. The SMILES string of the molecule is Cc1ccc2nc(CCC(=O)O)oc2c1OCc1sc(-c2ccc(C(F)(F)F)c(F)c2)nc1C. The fraction of sp³-hybridized carbons (Fsp3) is 0.261. The number of carboxylic acid groups (broad SMARTS) is 1. The highest BCUT2D eigenvalue weighted by Gasteiger charge is 2.34. The first-order chi connectivity index (χ1) is 16.0. The van der Waals surface area contributed by atoms with E-state index < -0.39 is 23.5 Å². The normalized spacial score (nSPS) is 11.8. The van der Waals surface area contributed by atoms with Crippen molar-refractivity contribution in [1.82, 2.24) is 9.97 Å². The third-order valence-electron chi connectivity index (χ3n) is 5.07. The Kier molecular flexibility index (Phi) is 6.30. The van der Waals surface area contributed by atoms with Crippen molar-refractivity contribution in [3.63, 3.8) is 0 Å². The van der Waals surface area contributed by atoms with Crippen molar-refractivity contribution in [2.24, 2.45) is 0 Å². The number of thiazole rings is 1. The van der Waals surface area contributed by atoms with E-state index in [2.05, 4.69) is 9.97 Å². The van der Waals surface area contributed by atoms with Crippen LogP contribution in [0.4, 0.5) is 17.6 Å². The van der Waals surface area contributed by atoms with E-state index in [9.17, 15) is 22.4 Å². The average molecular weight is 494 g/mol. The summed E-state index contributed by atoms with van der Waals surface area (Å²) in [7, 11) is 0. The molecule has 4 aromatic rings. The Balaban J connectivity index is 1.56. The quantitative estimate of drug-likeness (QED) is 0.303. The van der Waals surface area contributed by atoms with Crippen LogP contribution in [0.1, 0.15) is 34.0 Å². The van der Waals surface area contributed by atoms with Gasteiger partial charge in [0.15, 0.2) is 17.2 Å². The molecule has 2 heterocycles. The average Bonchev–Trinajstić information content (AvgIpc) is 3.34. The van der Waals surface area contributed by atoms with E-state index in [4.69, 9.17) is 14.3 Å². The molecule has 0 amide bonds. The summed E-state index contributed by atoms with van der Waals surface area (Å²) in [6.45, 7) is 3.65. The minimum atomic E-state index is -4.77. The first-order valence-corrected chi connectivity index (χ1v) is 10.9. The predicted octanol–water partition coefficient (Wildman–Crippen LogP) is 6.32. The lowest BCUT2D eigenvalue weighted by Crippen LogP contribution is -2.07. The molecule has 11 heteroatoms. The molecule has 0 spiro atoms. The van der Waals surface area contributed by atoms with E-state index in [1.807, 2.05) is 6.92 Å². The number of benzene rings is 2. The first kappa shape index (κ1) is 23.7. The van der Waals surface area contributed by atoms with Crippen LogP contribution in [0.15, 0.2) is 34.7 Å². The standard InChI is InChI=1S/C23H18F4N2O4S/c1-11-3-6-16-21(33-18(29-16)7-8-19(30)31)20(11)32-10-17-12(2)28-22(34-17)13-4-5-14(15(24)9-13)23(25,26)27/h3-6,9H,7-8,10H2,1-2H3,(H,30,31). The van der Waals surface area contributed by atoms with Crippen molar-refractivity contribution >= 4 is 28.4 Å². The van der Waals surface area contributed by atoms with Gasteiger partial charge in [-0.25, -0.2) is 14.4 Å². The van der Waals surface area contributed by atoms with Gasteiger partial charge in [-0.2, -0.15) is 13.2 Å². The smallest absolute Gasteiger partial charge is 0.419 e. The maximum atomic E-state index is 14.0. The fourth-order valence-electron chi connectivity index (χ4n) is 3.31. The Morgan fingerprint density at radius 1 is 1.18 bits per heavy atom. The van der Waals surface area contributed by atoms with Crippen molar-refractivity contribution in [2.75, 3.05) is 0 Å². The van der Waals surface area contributed by atoms with Crippen molar-refractivity contribution in [2.45, 2.75) is 39.5 Å². The zero-order valence-corrected chi connectivity index (χ0v) is 18.8. The summed E-state index contributed by atoms with van der Waals surface area (Å²) in [6, 6.07) is 6.27. The van der Waals surface area contributed by atoms with Crippen molar-refractivity contribution in [3.05, 3.63) is 63.7 Å². The molecule has 0 unspecified atom stereocenters. The number of carbonyl (C=O) groups is 1. The largest absolute Gasteiger partial charge is 0.484 e. The zero-order chi connectivity index (χ0) is 24.6. The third kappa shape index (κ3) is 4.89. The van der Waals surface area contributed by atoms with Crippen molar-refractivity contribution in [3.8, 4) is 16.3 Å². The topological polar surface area (TPSA) is 85.5 Å². The minimum absolute atomic E-state index is 0.0950. The Labute approximate surface area is 194 Å². The molecule has 178 valence electrons. The van der Waals surface area contributed by atoms with Crippen LogP contribution in [0.3, 0.4) is 0 Å². The summed E-state index contributed by atoms with van der Waals surface area (Å²) >= 11 is 1.19. The number of nitrogens with zero attached hydrogens (tertiary/aromatic N) is 2. The highest BCUT2D eigenvalue weighted by atomic mass is 32.1. The molecule has 4 rings (SSSR count). The number of aromatic nitrogens is 2. The van der Waals surface area contributed by atoms with Gasteiger partial charge in [0, 0.05) is 12.0 Å². The van der Waals surface area contributed by atoms with Gasteiger partial charge in [0.05, 0.1) is 22.6 Å². The Bertz CT molecular complexity index is 1380. The predicted molar refractivity (Wildman–Crippen MR) is 116 cm³/mol. The fourth-order valence-corrected chi connectivity index (χ4v) is 4.29. The lowest BCUT2D eigenvalue weighted by atomic mass is 10.1. The molecule has 0 bridgehead atoms. The van der Waals surface area contributed by atoms with Gasteiger partial charge in [-0.15, -0.1) is 11.3 Å². The molecular weight excluding hydrogens is 476 g/mol.